The SMILES string of the molecule is CC(C)(C)[Si](C)(C)OC[C@H]1[C@@H](O)CO[C@@H]1CO[Si](C)(C)C(C)(C)C. The molecule has 0 aromatic carbocycles. The zero-order valence-electron chi connectivity index (χ0n) is 17.5. The van der Waals surface area contributed by atoms with Crippen LogP contribution in [0.1, 0.15) is 41.5 Å². The highest BCUT2D eigenvalue weighted by atomic mass is 28.4. The summed E-state index contributed by atoms with van der Waals surface area (Å²) < 4.78 is 18.5. The molecule has 0 radical (unpaired) electrons. The highest BCUT2D eigenvalue weighted by Gasteiger charge is 2.43. The molecular formula is C18H40O4Si2. The van der Waals surface area contributed by atoms with E-state index in [1.165, 1.54) is 0 Å². The molecule has 0 aromatic heterocycles. The standard InChI is InChI=1S/C18H40O4Si2/c1-17(2,3)23(7,8)21-11-14-15(19)12-20-16(14)13-22-24(9,10)18(4,5)6/h14-16,19H,11-13H2,1-10H3/t14-,15-,16+/m0/s1. The van der Waals surface area contributed by atoms with Crippen LogP contribution in [0.2, 0.25) is 36.3 Å². The number of hydrogen-bond acceptors (Lipinski definition) is 4. The van der Waals surface area contributed by atoms with Gasteiger partial charge in [0.15, 0.2) is 16.6 Å². The highest BCUT2D eigenvalue weighted by Crippen LogP contribution is 2.39. The maximum atomic E-state index is 10.3. The Kier molecular flexibility index (Phi) is 6.96. The third-order valence-electron chi connectivity index (χ3n) is 6.31. The third kappa shape index (κ3) is 5.38. The van der Waals surface area contributed by atoms with Crippen LogP contribution in [0.3, 0.4) is 0 Å². The molecule has 1 rings (SSSR count). The first kappa shape index (κ1) is 22.3. The summed E-state index contributed by atoms with van der Waals surface area (Å²) in [5, 5.41) is 10.7. The lowest BCUT2D eigenvalue weighted by atomic mass is 10.0. The van der Waals surface area contributed by atoms with Gasteiger partial charge in [0, 0.05) is 12.5 Å². The maximum Gasteiger partial charge on any atom is 0.192 e. The maximum absolute atomic E-state index is 10.3. The van der Waals surface area contributed by atoms with Gasteiger partial charge in [0.2, 0.25) is 0 Å². The van der Waals surface area contributed by atoms with Gasteiger partial charge in [0.05, 0.1) is 25.4 Å². The van der Waals surface area contributed by atoms with Crippen molar-refractivity contribution in [3.05, 3.63) is 0 Å². The molecular weight excluding hydrogens is 336 g/mol. The molecule has 4 nitrogen and oxygen atoms in total. The molecule has 0 aliphatic carbocycles. The molecule has 0 aromatic rings. The number of aliphatic hydroxyl groups excluding tert-OH is 1. The zero-order valence-corrected chi connectivity index (χ0v) is 19.5. The lowest BCUT2D eigenvalue weighted by Crippen LogP contribution is -2.46. The van der Waals surface area contributed by atoms with E-state index in [4.69, 9.17) is 13.6 Å². The predicted molar refractivity (Wildman–Crippen MR) is 106 cm³/mol. The molecule has 1 aliphatic heterocycles. The van der Waals surface area contributed by atoms with Gasteiger partial charge in [0.25, 0.3) is 0 Å². The Morgan fingerprint density at radius 3 is 1.71 bits per heavy atom. The topological polar surface area (TPSA) is 47.9 Å². The van der Waals surface area contributed by atoms with Crippen molar-refractivity contribution >= 4 is 16.6 Å². The van der Waals surface area contributed by atoms with Crippen molar-refractivity contribution in [3.8, 4) is 0 Å². The molecule has 1 saturated heterocycles. The third-order valence-corrected chi connectivity index (χ3v) is 15.3. The average Bonchev–Trinajstić information content (AvgIpc) is 2.72. The van der Waals surface area contributed by atoms with Gasteiger partial charge in [-0.25, -0.2) is 0 Å². The summed E-state index contributed by atoms with van der Waals surface area (Å²) in [4.78, 5) is 0. The van der Waals surface area contributed by atoms with Crippen LogP contribution in [0.25, 0.3) is 0 Å². The Morgan fingerprint density at radius 1 is 0.875 bits per heavy atom. The summed E-state index contributed by atoms with van der Waals surface area (Å²) in [6.07, 6.45) is -0.526. The summed E-state index contributed by atoms with van der Waals surface area (Å²) in [5.41, 5.74) is 0. The first-order chi connectivity index (χ1) is 10.6. The van der Waals surface area contributed by atoms with E-state index in [1.54, 1.807) is 0 Å². The number of rotatable bonds is 6. The second kappa shape index (κ2) is 7.49. The normalized spacial score (nSPS) is 26.9. The van der Waals surface area contributed by atoms with Crippen molar-refractivity contribution in [2.24, 2.45) is 5.92 Å². The van der Waals surface area contributed by atoms with E-state index in [-0.39, 0.29) is 22.1 Å². The molecule has 1 fully saturated rings. The monoisotopic (exact) mass is 376 g/mol. The van der Waals surface area contributed by atoms with E-state index in [0.717, 1.165) is 0 Å². The Balaban J connectivity index is 2.66. The van der Waals surface area contributed by atoms with Crippen LogP contribution in [0, 0.1) is 5.92 Å². The number of hydrogen-bond donors (Lipinski definition) is 1. The molecule has 24 heavy (non-hydrogen) atoms. The summed E-state index contributed by atoms with van der Waals surface area (Å²) in [5.74, 6) is 0.00360. The van der Waals surface area contributed by atoms with Crippen molar-refractivity contribution in [2.45, 2.75) is 90.0 Å². The van der Waals surface area contributed by atoms with Gasteiger partial charge in [-0.1, -0.05) is 41.5 Å². The molecule has 1 aliphatic rings. The summed E-state index contributed by atoms with van der Waals surface area (Å²) in [6, 6.07) is 0. The Morgan fingerprint density at radius 2 is 1.29 bits per heavy atom. The summed E-state index contributed by atoms with van der Waals surface area (Å²) in [7, 11) is -3.63. The largest absolute Gasteiger partial charge is 0.416 e. The van der Waals surface area contributed by atoms with Crippen molar-refractivity contribution in [1.29, 1.82) is 0 Å². The van der Waals surface area contributed by atoms with Crippen LogP contribution in [-0.4, -0.2) is 53.8 Å². The smallest absolute Gasteiger partial charge is 0.192 e. The molecule has 0 unspecified atom stereocenters. The van der Waals surface area contributed by atoms with Crippen LogP contribution in [0.4, 0.5) is 0 Å². The Labute approximate surface area is 151 Å². The second-order valence-corrected chi connectivity index (χ2v) is 19.9. The van der Waals surface area contributed by atoms with E-state index >= 15 is 0 Å². The van der Waals surface area contributed by atoms with Crippen LogP contribution < -0.4 is 0 Å². The molecule has 3 atom stereocenters. The van der Waals surface area contributed by atoms with E-state index in [1.807, 2.05) is 0 Å². The summed E-state index contributed by atoms with van der Waals surface area (Å²) >= 11 is 0. The molecule has 0 amide bonds. The van der Waals surface area contributed by atoms with Crippen molar-refractivity contribution in [1.82, 2.24) is 0 Å². The van der Waals surface area contributed by atoms with Crippen molar-refractivity contribution in [3.63, 3.8) is 0 Å². The Hall–Kier alpha value is 0.274. The molecule has 0 bridgehead atoms. The van der Waals surface area contributed by atoms with Gasteiger partial charge in [-0.05, 0) is 36.3 Å². The summed E-state index contributed by atoms with van der Waals surface area (Å²) in [6.45, 7) is 23.9. The Bertz CT molecular complexity index is 410. The molecule has 144 valence electrons. The van der Waals surface area contributed by atoms with Crippen LogP contribution in [-0.2, 0) is 13.6 Å². The number of ether oxygens (including phenoxy) is 1. The van der Waals surface area contributed by atoms with Gasteiger partial charge in [0.1, 0.15) is 0 Å². The minimum Gasteiger partial charge on any atom is -0.416 e. The molecule has 1 heterocycles. The average molecular weight is 377 g/mol. The fraction of sp³-hybridized carbons (Fsp3) is 1.00. The second-order valence-electron chi connectivity index (χ2n) is 10.2. The number of aliphatic hydroxyl groups is 1. The minimum absolute atomic E-state index is 0.00360. The molecule has 0 spiro atoms. The minimum atomic E-state index is -1.82. The zero-order chi connectivity index (χ0) is 19.0. The van der Waals surface area contributed by atoms with Gasteiger partial charge >= 0.3 is 0 Å². The van der Waals surface area contributed by atoms with E-state index in [9.17, 15) is 5.11 Å². The van der Waals surface area contributed by atoms with Gasteiger partial charge in [-0.3, -0.25) is 0 Å². The lowest BCUT2D eigenvalue weighted by molar-refractivity contribution is 0.0313. The van der Waals surface area contributed by atoms with E-state index in [0.29, 0.717) is 19.8 Å². The fourth-order valence-electron chi connectivity index (χ4n) is 2.14. The van der Waals surface area contributed by atoms with Gasteiger partial charge in [-0.2, -0.15) is 0 Å². The van der Waals surface area contributed by atoms with Gasteiger partial charge < -0.3 is 18.7 Å². The first-order valence-electron chi connectivity index (χ1n) is 9.16. The van der Waals surface area contributed by atoms with Crippen molar-refractivity contribution in [2.75, 3.05) is 19.8 Å². The lowest BCUT2D eigenvalue weighted by Gasteiger charge is -2.39. The van der Waals surface area contributed by atoms with Crippen LogP contribution >= 0.6 is 0 Å². The van der Waals surface area contributed by atoms with Gasteiger partial charge in [-0.15, -0.1) is 0 Å². The van der Waals surface area contributed by atoms with Crippen LogP contribution in [0.5, 0.6) is 0 Å². The quantitative estimate of drug-likeness (QED) is 0.698. The van der Waals surface area contributed by atoms with E-state index in [2.05, 4.69) is 67.7 Å². The molecule has 1 N–H and O–H groups in total. The molecule has 0 saturated carbocycles. The predicted octanol–water partition coefficient (Wildman–Crippen LogP) is 4.41. The molecule has 6 heteroatoms. The first-order valence-corrected chi connectivity index (χ1v) is 15.0. The highest BCUT2D eigenvalue weighted by molar-refractivity contribution is 6.74. The fourth-order valence-corrected chi connectivity index (χ4v) is 4.19. The van der Waals surface area contributed by atoms with E-state index < -0.39 is 22.7 Å². The van der Waals surface area contributed by atoms with Crippen molar-refractivity contribution < 1.29 is 18.7 Å². The van der Waals surface area contributed by atoms with Crippen LogP contribution in [0.15, 0.2) is 0 Å².